The molecule has 6 heteroatoms. The molecule has 2 unspecified atom stereocenters. The molecule has 0 saturated heterocycles. The van der Waals surface area contributed by atoms with Crippen LogP contribution in [-0.4, -0.2) is 24.1 Å². The van der Waals surface area contributed by atoms with Gasteiger partial charge in [0.1, 0.15) is 12.0 Å². The number of hydrogen-bond acceptors (Lipinski definition) is 3. The van der Waals surface area contributed by atoms with Crippen molar-refractivity contribution in [3.8, 4) is 5.75 Å². The average Bonchev–Trinajstić information content (AvgIpc) is 3.76. The fourth-order valence-electron chi connectivity index (χ4n) is 7.24. The lowest BCUT2D eigenvalue weighted by atomic mass is 9.87. The van der Waals surface area contributed by atoms with Crippen LogP contribution in [0.25, 0.3) is 11.1 Å². The van der Waals surface area contributed by atoms with Crippen LogP contribution in [0.4, 0.5) is 10.1 Å². The lowest BCUT2D eigenvalue weighted by Gasteiger charge is -2.22. The van der Waals surface area contributed by atoms with Gasteiger partial charge in [0.2, 0.25) is 0 Å². The number of fused-ring (bicyclic) bond motifs is 1. The number of unbranched alkanes of at least 4 members (excludes halogenated alkanes) is 2. The van der Waals surface area contributed by atoms with Crippen molar-refractivity contribution >= 4 is 40.0 Å². The molecule has 238 valence electrons. The summed E-state index contributed by atoms with van der Waals surface area (Å²) >= 11 is 13.1. The summed E-state index contributed by atoms with van der Waals surface area (Å²) in [5.74, 6) is 1.58. The monoisotopic (exact) mass is 647 g/mol. The van der Waals surface area contributed by atoms with E-state index in [-0.39, 0.29) is 18.2 Å². The molecular weight excluding hydrogens is 604 g/mol. The van der Waals surface area contributed by atoms with E-state index in [1.807, 2.05) is 24.3 Å². The van der Waals surface area contributed by atoms with Crippen LogP contribution in [0.15, 0.2) is 73.3 Å². The first-order valence-electron chi connectivity index (χ1n) is 16.6. The van der Waals surface area contributed by atoms with E-state index >= 15 is 0 Å². The van der Waals surface area contributed by atoms with Gasteiger partial charge in [-0.05, 0) is 134 Å². The Labute approximate surface area is 277 Å². The van der Waals surface area contributed by atoms with Crippen LogP contribution < -0.4 is 10.1 Å². The zero-order valence-corrected chi connectivity index (χ0v) is 27.5. The minimum atomic E-state index is -0.652. The van der Waals surface area contributed by atoms with Crippen LogP contribution in [0.3, 0.4) is 0 Å². The number of aliphatic hydroxyl groups excluding tert-OH is 1. The highest BCUT2D eigenvalue weighted by Gasteiger charge is 2.46. The molecule has 0 aromatic heterocycles. The number of benzene rings is 3. The molecule has 3 atom stereocenters. The predicted molar refractivity (Wildman–Crippen MR) is 186 cm³/mol. The molecule has 2 saturated carbocycles. The number of ether oxygens (including phenoxy) is 1. The zero-order chi connectivity index (χ0) is 31.4. The standard InChI is InChI=1S/C39H44Cl2FNO2/c1-2-39(20-21-39)38(44)43-30-14-19-33-28(24-30)8-6-9-35(34-18-13-29(40)25-36(34)41)37(33)27-11-16-31(17-12-27)45-32-15-10-26(23-32)7-4-3-5-22-42/h2,11-14,16-19,24-26,32,38,43-44H,1,3-10,15,20-23H2/t26?,32-,38?/m0/s1. The van der Waals surface area contributed by atoms with Crippen molar-refractivity contribution < 1.29 is 14.2 Å². The molecule has 3 aliphatic carbocycles. The van der Waals surface area contributed by atoms with Gasteiger partial charge in [-0.15, -0.1) is 6.58 Å². The SMILES string of the molecule is C=CC1(C(O)Nc2ccc3c(c2)CCCC(c2ccc(Cl)cc2Cl)=C3c2ccc(O[C@H]3CCC(CCCCCF)C3)cc2)CC1. The largest absolute Gasteiger partial charge is 0.490 e. The summed E-state index contributed by atoms with van der Waals surface area (Å²) in [5, 5.41) is 15.5. The summed E-state index contributed by atoms with van der Waals surface area (Å²) in [6.07, 6.45) is 13.4. The topological polar surface area (TPSA) is 41.5 Å². The minimum Gasteiger partial charge on any atom is -0.490 e. The van der Waals surface area contributed by atoms with E-state index in [0.717, 1.165) is 80.4 Å². The van der Waals surface area contributed by atoms with E-state index in [4.69, 9.17) is 27.9 Å². The van der Waals surface area contributed by atoms with Crippen LogP contribution >= 0.6 is 23.2 Å². The van der Waals surface area contributed by atoms with Gasteiger partial charge in [0.25, 0.3) is 0 Å². The highest BCUT2D eigenvalue weighted by Crippen LogP contribution is 2.50. The molecule has 0 spiro atoms. The van der Waals surface area contributed by atoms with E-state index in [9.17, 15) is 9.50 Å². The molecule has 3 aromatic carbocycles. The Balaban J connectivity index is 1.27. The Morgan fingerprint density at radius 1 is 0.978 bits per heavy atom. The van der Waals surface area contributed by atoms with Gasteiger partial charge >= 0.3 is 0 Å². The highest BCUT2D eigenvalue weighted by molar-refractivity contribution is 6.36. The molecule has 2 N–H and O–H groups in total. The van der Waals surface area contributed by atoms with Crippen molar-refractivity contribution in [2.24, 2.45) is 11.3 Å². The fourth-order valence-corrected chi connectivity index (χ4v) is 7.76. The molecule has 3 nitrogen and oxygen atoms in total. The van der Waals surface area contributed by atoms with Gasteiger partial charge in [-0.1, -0.05) is 72.8 Å². The quantitative estimate of drug-likeness (QED) is 0.110. The van der Waals surface area contributed by atoms with E-state index in [2.05, 4.69) is 54.4 Å². The number of halogens is 3. The molecular formula is C39H44Cl2FNO2. The number of allylic oxidation sites excluding steroid dienone is 1. The summed E-state index contributed by atoms with van der Waals surface area (Å²) in [7, 11) is 0. The summed E-state index contributed by atoms with van der Waals surface area (Å²) < 4.78 is 18.9. The molecule has 0 radical (unpaired) electrons. The summed E-state index contributed by atoms with van der Waals surface area (Å²) in [6, 6.07) is 20.7. The smallest absolute Gasteiger partial charge is 0.133 e. The first kappa shape index (κ1) is 32.2. The van der Waals surface area contributed by atoms with Gasteiger partial charge in [-0.3, -0.25) is 4.39 Å². The molecule has 0 heterocycles. The number of aliphatic hydroxyl groups is 1. The second-order valence-corrected chi connectivity index (χ2v) is 14.0. The van der Waals surface area contributed by atoms with Crippen molar-refractivity contribution in [1.82, 2.24) is 0 Å². The van der Waals surface area contributed by atoms with Crippen molar-refractivity contribution in [2.75, 3.05) is 12.0 Å². The number of alkyl halides is 1. The van der Waals surface area contributed by atoms with Gasteiger partial charge in [-0.2, -0.15) is 0 Å². The number of hydrogen-bond donors (Lipinski definition) is 2. The number of rotatable bonds is 13. The van der Waals surface area contributed by atoms with Gasteiger partial charge in [0, 0.05) is 21.1 Å². The first-order chi connectivity index (χ1) is 21.9. The maximum atomic E-state index is 12.4. The van der Waals surface area contributed by atoms with Crippen molar-refractivity contribution in [3.05, 3.63) is 106 Å². The third-order valence-electron chi connectivity index (χ3n) is 10.1. The second-order valence-electron chi connectivity index (χ2n) is 13.2. The maximum absolute atomic E-state index is 12.4. The van der Waals surface area contributed by atoms with Crippen LogP contribution in [-0.2, 0) is 6.42 Å². The van der Waals surface area contributed by atoms with Crippen molar-refractivity contribution in [2.45, 2.75) is 89.4 Å². The normalized spacial score (nSPS) is 21.2. The fraction of sp³-hybridized carbons (Fsp3) is 0.436. The number of anilines is 1. The number of nitrogens with one attached hydrogen (secondary N) is 1. The van der Waals surface area contributed by atoms with E-state index in [1.54, 1.807) is 0 Å². The zero-order valence-electron chi connectivity index (χ0n) is 26.0. The molecule has 2 fully saturated rings. The minimum absolute atomic E-state index is 0.206. The Hall–Kier alpha value is -2.79. The molecule has 6 rings (SSSR count). The van der Waals surface area contributed by atoms with Crippen molar-refractivity contribution in [1.29, 1.82) is 0 Å². The Morgan fingerprint density at radius 2 is 1.78 bits per heavy atom. The van der Waals surface area contributed by atoms with E-state index in [1.165, 1.54) is 35.1 Å². The number of aryl methyl sites for hydroxylation is 1. The first-order valence-corrected chi connectivity index (χ1v) is 17.4. The molecule has 0 aliphatic heterocycles. The lowest BCUT2D eigenvalue weighted by Crippen LogP contribution is -2.28. The van der Waals surface area contributed by atoms with E-state index in [0.29, 0.717) is 22.4 Å². The summed E-state index contributed by atoms with van der Waals surface area (Å²) in [6.45, 7) is 3.74. The predicted octanol–water partition coefficient (Wildman–Crippen LogP) is 11.1. The van der Waals surface area contributed by atoms with Gasteiger partial charge in [-0.25, -0.2) is 0 Å². The molecule has 3 aromatic rings. The Kier molecular flexibility index (Phi) is 10.2. The van der Waals surface area contributed by atoms with Crippen molar-refractivity contribution in [3.63, 3.8) is 0 Å². The van der Waals surface area contributed by atoms with Gasteiger partial charge in [0.15, 0.2) is 0 Å². The summed E-state index contributed by atoms with van der Waals surface area (Å²) in [4.78, 5) is 0. The second kappa shape index (κ2) is 14.3. The van der Waals surface area contributed by atoms with Crippen LogP contribution in [0.1, 0.15) is 92.9 Å². The molecule has 45 heavy (non-hydrogen) atoms. The van der Waals surface area contributed by atoms with Gasteiger partial charge < -0.3 is 15.2 Å². The third kappa shape index (κ3) is 7.45. The summed E-state index contributed by atoms with van der Waals surface area (Å²) in [5.41, 5.74) is 7.62. The van der Waals surface area contributed by atoms with Crippen LogP contribution in [0, 0.1) is 11.3 Å². The third-order valence-corrected chi connectivity index (χ3v) is 10.6. The van der Waals surface area contributed by atoms with Crippen LogP contribution in [0.2, 0.25) is 10.0 Å². The van der Waals surface area contributed by atoms with Crippen LogP contribution in [0.5, 0.6) is 5.75 Å². The highest BCUT2D eigenvalue weighted by atomic mass is 35.5. The maximum Gasteiger partial charge on any atom is 0.133 e. The molecule has 3 aliphatic rings. The van der Waals surface area contributed by atoms with Gasteiger partial charge in [0.05, 0.1) is 12.8 Å². The average molecular weight is 649 g/mol. The lowest BCUT2D eigenvalue weighted by molar-refractivity contribution is 0.146. The molecule has 0 bridgehead atoms. The molecule has 0 amide bonds. The Morgan fingerprint density at radius 3 is 2.51 bits per heavy atom. The Bertz CT molecular complexity index is 1530. The van der Waals surface area contributed by atoms with E-state index < -0.39 is 6.23 Å².